The quantitative estimate of drug-likeness (QED) is 0.879. The van der Waals surface area contributed by atoms with Crippen LogP contribution in [0.15, 0.2) is 18.2 Å². The van der Waals surface area contributed by atoms with Crippen LogP contribution in [0.2, 0.25) is 0 Å². The molecule has 26 heavy (non-hydrogen) atoms. The lowest BCUT2D eigenvalue weighted by Crippen LogP contribution is -2.51. The highest BCUT2D eigenvalue weighted by atomic mass is 16.2. The molecule has 0 radical (unpaired) electrons. The van der Waals surface area contributed by atoms with Gasteiger partial charge in [0.25, 0.3) is 5.91 Å². The molecule has 0 saturated carbocycles. The topological polar surface area (TPSA) is 52.7 Å². The molecule has 0 bridgehead atoms. The van der Waals surface area contributed by atoms with E-state index in [9.17, 15) is 9.59 Å². The maximum absolute atomic E-state index is 12.8. The lowest BCUT2D eigenvalue weighted by Gasteiger charge is -2.34. The number of hydrogen-bond donors (Lipinski definition) is 1. The lowest BCUT2D eigenvalue weighted by atomic mass is 9.90. The standard InChI is InChI=1S/C21H31N3O2/c1-3-16(2)22-20(25)15-23-10-12-24(13-11-23)21(26)19-9-8-17-6-4-5-7-18(17)14-19/h8-9,14,16H,3-7,10-13,15H2,1-2H3,(H,22,25). The number of nitrogens with zero attached hydrogens (tertiary/aromatic N) is 2. The third-order valence-electron chi connectivity index (χ3n) is 5.64. The number of nitrogens with one attached hydrogen (secondary N) is 1. The van der Waals surface area contributed by atoms with E-state index in [0.29, 0.717) is 19.6 Å². The molecule has 0 spiro atoms. The molecule has 1 heterocycles. The van der Waals surface area contributed by atoms with Crippen LogP contribution in [0.5, 0.6) is 0 Å². The van der Waals surface area contributed by atoms with Gasteiger partial charge >= 0.3 is 0 Å². The van der Waals surface area contributed by atoms with Gasteiger partial charge in [-0.05, 0) is 62.3 Å². The molecule has 1 aliphatic heterocycles. The Bertz CT molecular complexity index is 651. The van der Waals surface area contributed by atoms with Crippen LogP contribution in [-0.4, -0.2) is 60.4 Å². The number of piperazine rings is 1. The van der Waals surface area contributed by atoms with E-state index in [4.69, 9.17) is 0 Å². The average molecular weight is 357 g/mol. The Labute approximate surface area is 156 Å². The highest BCUT2D eigenvalue weighted by Gasteiger charge is 2.24. The van der Waals surface area contributed by atoms with Crippen molar-refractivity contribution in [2.75, 3.05) is 32.7 Å². The monoisotopic (exact) mass is 357 g/mol. The Morgan fingerprint density at radius 2 is 1.77 bits per heavy atom. The van der Waals surface area contributed by atoms with Crippen molar-refractivity contribution < 1.29 is 9.59 Å². The highest BCUT2D eigenvalue weighted by Crippen LogP contribution is 2.23. The minimum atomic E-state index is 0.0776. The minimum Gasteiger partial charge on any atom is -0.353 e. The molecular formula is C21H31N3O2. The Hall–Kier alpha value is -1.88. The van der Waals surface area contributed by atoms with Crippen LogP contribution in [0.4, 0.5) is 0 Å². The third-order valence-corrected chi connectivity index (χ3v) is 5.64. The van der Waals surface area contributed by atoms with Gasteiger partial charge in [-0.1, -0.05) is 13.0 Å². The third kappa shape index (κ3) is 4.64. The molecule has 1 saturated heterocycles. The molecule has 1 aliphatic carbocycles. The summed E-state index contributed by atoms with van der Waals surface area (Å²) in [6.45, 7) is 7.39. The number of rotatable bonds is 5. The fourth-order valence-corrected chi connectivity index (χ4v) is 3.78. The summed E-state index contributed by atoms with van der Waals surface area (Å²) in [7, 11) is 0. The predicted octanol–water partition coefficient (Wildman–Crippen LogP) is 2.24. The average Bonchev–Trinajstić information content (AvgIpc) is 2.67. The van der Waals surface area contributed by atoms with Crippen LogP contribution in [0.3, 0.4) is 0 Å². The van der Waals surface area contributed by atoms with Gasteiger partial charge in [-0.15, -0.1) is 0 Å². The largest absolute Gasteiger partial charge is 0.353 e. The Morgan fingerprint density at radius 1 is 1.08 bits per heavy atom. The van der Waals surface area contributed by atoms with Gasteiger partial charge in [0.05, 0.1) is 6.54 Å². The van der Waals surface area contributed by atoms with E-state index in [1.807, 2.05) is 17.9 Å². The molecule has 1 fully saturated rings. The predicted molar refractivity (Wildman–Crippen MR) is 103 cm³/mol. The van der Waals surface area contributed by atoms with Gasteiger partial charge in [0.1, 0.15) is 0 Å². The Kier molecular flexibility index (Phi) is 6.30. The number of aryl methyl sites for hydroxylation is 2. The first-order valence-corrected chi connectivity index (χ1v) is 9.99. The molecule has 1 aromatic carbocycles. The smallest absolute Gasteiger partial charge is 0.253 e. The number of hydrogen-bond acceptors (Lipinski definition) is 3. The van der Waals surface area contributed by atoms with Crippen molar-refractivity contribution in [3.8, 4) is 0 Å². The minimum absolute atomic E-state index is 0.0776. The van der Waals surface area contributed by atoms with Gasteiger partial charge in [0, 0.05) is 37.8 Å². The zero-order chi connectivity index (χ0) is 18.5. The molecule has 1 atom stereocenters. The molecule has 2 aliphatic rings. The summed E-state index contributed by atoms with van der Waals surface area (Å²) in [5, 5.41) is 3.00. The van der Waals surface area contributed by atoms with Gasteiger partial charge < -0.3 is 10.2 Å². The zero-order valence-electron chi connectivity index (χ0n) is 16.1. The van der Waals surface area contributed by atoms with Crippen molar-refractivity contribution in [2.45, 2.75) is 52.0 Å². The maximum Gasteiger partial charge on any atom is 0.253 e. The van der Waals surface area contributed by atoms with E-state index in [2.05, 4.69) is 29.3 Å². The molecule has 3 rings (SSSR count). The normalized spacial score (nSPS) is 18.9. The SMILES string of the molecule is CCC(C)NC(=O)CN1CCN(C(=O)c2ccc3c(c2)CCCC3)CC1. The van der Waals surface area contributed by atoms with Crippen molar-refractivity contribution in [1.29, 1.82) is 0 Å². The first-order chi connectivity index (χ1) is 12.6. The lowest BCUT2D eigenvalue weighted by molar-refractivity contribution is -0.123. The summed E-state index contributed by atoms with van der Waals surface area (Å²) >= 11 is 0. The summed E-state index contributed by atoms with van der Waals surface area (Å²) in [6, 6.07) is 6.44. The van der Waals surface area contributed by atoms with Crippen molar-refractivity contribution >= 4 is 11.8 Å². The number of amides is 2. The van der Waals surface area contributed by atoms with Crippen molar-refractivity contribution in [1.82, 2.24) is 15.1 Å². The fraction of sp³-hybridized carbons (Fsp3) is 0.619. The summed E-state index contributed by atoms with van der Waals surface area (Å²) in [6.07, 6.45) is 5.65. The number of carbonyl (C=O) groups is 2. The van der Waals surface area contributed by atoms with E-state index >= 15 is 0 Å². The van der Waals surface area contributed by atoms with Crippen LogP contribution in [0, 0.1) is 0 Å². The van der Waals surface area contributed by atoms with E-state index < -0.39 is 0 Å². The first-order valence-electron chi connectivity index (χ1n) is 9.99. The van der Waals surface area contributed by atoms with Crippen molar-refractivity contribution in [2.24, 2.45) is 0 Å². The molecule has 5 heteroatoms. The summed E-state index contributed by atoms with van der Waals surface area (Å²) in [4.78, 5) is 28.9. The fourth-order valence-electron chi connectivity index (χ4n) is 3.78. The van der Waals surface area contributed by atoms with E-state index in [1.165, 1.54) is 24.0 Å². The van der Waals surface area contributed by atoms with Gasteiger partial charge in [0.2, 0.25) is 5.91 Å². The maximum atomic E-state index is 12.8. The molecule has 5 nitrogen and oxygen atoms in total. The molecule has 2 amide bonds. The van der Waals surface area contributed by atoms with Crippen molar-refractivity contribution in [3.05, 3.63) is 34.9 Å². The van der Waals surface area contributed by atoms with E-state index in [0.717, 1.165) is 37.9 Å². The van der Waals surface area contributed by atoms with Crippen molar-refractivity contribution in [3.63, 3.8) is 0 Å². The zero-order valence-corrected chi connectivity index (χ0v) is 16.1. The number of carbonyl (C=O) groups excluding carboxylic acids is 2. The van der Waals surface area contributed by atoms with Gasteiger partial charge in [-0.2, -0.15) is 0 Å². The number of benzene rings is 1. The molecule has 1 aromatic rings. The summed E-state index contributed by atoms with van der Waals surface area (Å²) in [5.41, 5.74) is 3.57. The first kappa shape index (κ1) is 18.9. The summed E-state index contributed by atoms with van der Waals surface area (Å²) < 4.78 is 0. The van der Waals surface area contributed by atoms with Crippen LogP contribution in [0.1, 0.15) is 54.6 Å². The van der Waals surface area contributed by atoms with Crippen LogP contribution in [0.25, 0.3) is 0 Å². The van der Waals surface area contributed by atoms with Crippen LogP contribution < -0.4 is 5.32 Å². The second-order valence-electron chi connectivity index (χ2n) is 7.64. The molecule has 1 unspecified atom stereocenters. The highest BCUT2D eigenvalue weighted by molar-refractivity contribution is 5.94. The molecule has 1 N–H and O–H groups in total. The van der Waals surface area contributed by atoms with Gasteiger partial charge in [-0.25, -0.2) is 0 Å². The summed E-state index contributed by atoms with van der Waals surface area (Å²) in [5.74, 6) is 0.205. The van der Waals surface area contributed by atoms with E-state index in [-0.39, 0.29) is 17.9 Å². The van der Waals surface area contributed by atoms with E-state index in [1.54, 1.807) is 0 Å². The molecule has 142 valence electrons. The van der Waals surface area contributed by atoms with Crippen LogP contribution in [-0.2, 0) is 17.6 Å². The van der Waals surface area contributed by atoms with Gasteiger partial charge in [0.15, 0.2) is 0 Å². The molecule has 0 aromatic heterocycles. The Balaban J connectivity index is 1.51. The second-order valence-corrected chi connectivity index (χ2v) is 7.64. The number of fused-ring (bicyclic) bond motifs is 1. The molecular weight excluding hydrogens is 326 g/mol. The Morgan fingerprint density at radius 3 is 2.46 bits per heavy atom. The van der Waals surface area contributed by atoms with Gasteiger partial charge in [-0.3, -0.25) is 14.5 Å². The van der Waals surface area contributed by atoms with Crippen LogP contribution >= 0.6 is 0 Å². The second kappa shape index (κ2) is 8.67.